The van der Waals surface area contributed by atoms with Crippen LogP contribution in [0.5, 0.6) is 0 Å². The lowest BCUT2D eigenvalue weighted by Crippen LogP contribution is -2.35. The van der Waals surface area contributed by atoms with E-state index in [9.17, 15) is 14.0 Å². The first kappa shape index (κ1) is 16.4. The Kier molecular flexibility index (Phi) is 4.84. The van der Waals surface area contributed by atoms with Gasteiger partial charge in [-0.3, -0.25) is 9.59 Å². The zero-order chi connectivity index (χ0) is 17.6. The third-order valence-electron chi connectivity index (χ3n) is 3.46. The number of halogens is 1. The maximum Gasteiger partial charge on any atom is 0.313 e. The van der Waals surface area contributed by atoms with Crippen LogP contribution in [0.1, 0.15) is 5.56 Å². The van der Waals surface area contributed by atoms with Crippen molar-refractivity contribution in [1.82, 2.24) is 15.1 Å². The molecule has 0 atom stereocenters. The zero-order valence-electron chi connectivity index (χ0n) is 13.1. The normalized spacial score (nSPS) is 10.3. The van der Waals surface area contributed by atoms with Gasteiger partial charge in [-0.1, -0.05) is 24.3 Å². The predicted molar refractivity (Wildman–Crippen MR) is 90.4 cm³/mol. The molecule has 2 amide bonds. The lowest BCUT2D eigenvalue weighted by Gasteiger charge is -2.08. The van der Waals surface area contributed by atoms with E-state index in [2.05, 4.69) is 15.7 Å². The Balaban J connectivity index is 1.60. The van der Waals surface area contributed by atoms with Crippen molar-refractivity contribution in [3.63, 3.8) is 0 Å². The Labute approximate surface area is 143 Å². The quantitative estimate of drug-likeness (QED) is 0.717. The molecule has 0 spiro atoms. The van der Waals surface area contributed by atoms with E-state index in [1.54, 1.807) is 23.1 Å². The summed E-state index contributed by atoms with van der Waals surface area (Å²) in [6, 6.07) is 14.8. The SMILES string of the molecule is O=C(NCc1cccc(-n2cccn2)c1)C(=O)Nc1ccccc1F. The van der Waals surface area contributed by atoms with Crippen LogP contribution in [0.2, 0.25) is 0 Å². The summed E-state index contributed by atoms with van der Waals surface area (Å²) in [6.45, 7) is 0.165. The average Bonchev–Trinajstić information content (AvgIpc) is 3.16. The van der Waals surface area contributed by atoms with E-state index in [0.717, 1.165) is 11.3 Å². The van der Waals surface area contributed by atoms with Crippen molar-refractivity contribution in [3.8, 4) is 5.69 Å². The third kappa shape index (κ3) is 4.08. The first-order valence-corrected chi connectivity index (χ1v) is 7.56. The van der Waals surface area contributed by atoms with Crippen molar-refractivity contribution in [3.05, 3.63) is 78.4 Å². The molecule has 0 saturated carbocycles. The summed E-state index contributed by atoms with van der Waals surface area (Å²) >= 11 is 0. The van der Waals surface area contributed by atoms with E-state index in [0.29, 0.717) is 0 Å². The standard InChI is InChI=1S/C18H15FN4O2/c19-15-7-1-2-8-16(15)22-18(25)17(24)20-12-13-5-3-6-14(11-13)23-10-4-9-21-23/h1-11H,12H2,(H,20,24)(H,22,25). The fourth-order valence-electron chi connectivity index (χ4n) is 2.23. The molecule has 3 rings (SSSR count). The van der Waals surface area contributed by atoms with Crippen LogP contribution in [0.15, 0.2) is 67.0 Å². The van der Waals surface area contributed by atoms with Crippen LogP contribution in [0.25, 0.3) is 5.69 Å². The number of carbonyl (C=O) groups is 2. The number of rotatable bonds is 4. The smallest absolute Gasteiger partial charge is 0.313 e. The molecule has 2 N–H and O–H groups in total. The van der Waals surface area contributed by atoms with E-state index in [4.69, 9.17) is 0 Å². The number of nitrogens with zero attached hydrogens (tertiary/aromatic N) is 2. The number of hydrogen-bond donors (Lipinski definition) is 2. The molecule has 2 aromatic carbocycles. The Morgan fingerprint density at radius 1 is 1.04 bits per heavy atom. The molecular weight excluding hydrogens is 323 g/mol. The largest absolute Gasteiger partial charge is 0.344 e. The second kappa shape index (κ2) is 7.39. The molecule has 1 heterocycles. The van der Waals surface area contributed by atoms with E-state index < -0.39 is 17.6 Å². The van der Waals surface area contributed by atoms with Gasteiger partial charge in [0, 0.05) is 18.9 Å². The van der Waals surface area contributed by atoms with E-state index in [1.807, 2.05) is 30.3 Å². The van der Waals surface area contributed by atoms with Gasteiger partial charge in [-0.25, -0.2) is 9.07 Å². The minimum Gasteiger partial charge on any atom is -0.344 e. The fraction of sp³-hybridized carbons (Fsp3) is 0.0556. The molecule has 0 saturated heterocycles. The van der Waals surface area contributed by atoms with Gasteiger partial charge >= 0.3 is 11.8 Å². The molecule has 3 aromatic rings. The van der Waals surface area contributed by atoms with Crippen LogP contribution in [-0.4, -0.2) is 21.6 Å². The summed E-state index contributed by atoms with van der Waals surface area (Å²) in [5.41, 5.74) is 1.61. The summed E-state index contributed by atoms with van der Waals surface area (Å²) in [6.07, 6.45) is 3.47. The van der Waals surface area contributed by atoms with E-state index in [-0.39, 0.29) is 12.2 Å². The molecule has 0 radical (unpaired) electrons. The Hall–Kier alpha value is -3.48. The number of para-hydroxylation sites is 1. The van der Waals surface area contributed by atoms with Gasteiger partial charge < -0.3 is 10.6 Å². The summed E-state index contributed by atoms with van der Waals surface area (Å²) in [5.74, 6) is -2.36. The van der Waals surface area contributed by atoms with Gasteiger partial charge in [-0.15, -0.1) is 0 Å². The minimum atomic E-state index is -0.923. The number of carbonyl (C=O) groups excluding carboxylic acids is 2. The first-order chi connectivity index (χ1) is 12.1. The maximum atomic E-state index is 13.5. The Morgan fingerprint density at radius 3 is 2.64 bits per heavy atom. The molecule has 1 aromatic heterocycles. The van der Waals surface area contributed by atoms with Crippen molar-refractivity contribution in [2.45, 2.75) is 6.54 Å². The van der Waals surface area contributed by atoms with Gasteiger partial charge in [-0.2, -0.15) is 5.10 Å². The van der Waals surface area contributed by atoms with Gasteiger partial charge in [0.1, 0.15) is 5.82 Å². The number of aromatic nitrogens is 2. The fourth-order valence-corrected chi connectivity index (χ4v) is 2.23. The first-order valence-electron chi connectivity index (χ1n) is 7.56. The van der Waals surface area contributed by atoms with Crippen molar-refractivity contribution in [1.29, 1.82) is 0 Å². The molecule has 0 aliphatic rings. The predicted octanol–water partition coefficient (Wildman–Crippen LogP) is 2.27. The zero-order valence-corrected chi connectivity index (χ0v) is 13.1. The van der Waals surface area contributed by atoms with Crippen LogP contribution in [0.4, 0.5) is 10.1 Å². The molecule has 6 nitrogen and oxygen atoms in total. The van der Waals surface area contributed by atoms with Gasteiger partial charge in [-0.05, 0) is 35.9 Å². The third-order valence-corrected chi connectivity index (χ3v) is 3.46. The van der Waals surface area contributed by atoms with E-state index in [1.165, 1.54) is 18.2 Å². The van der Waals surface area contributed by atoms with E-state index >= 15 is 0 Å². The van der Waals surface area contributed by atoms with Crippen molar-refractivity contribution >= 4 is 17.5 Å². The molecule has 25 heavy (non-hydrogen) atoms. The van der Waals surface area contributed by atoms with Crippen molar-refractivity contribution in [2.75, 3.05) is 5.32 Å². The maximum absolute atomic E-state index is 13.5. The van der Waals surface area contributed by atoms with Crippen LogP contribution in [0, 0.1) is 5.82 Å². The second-order valence-corrected chi connectivity index (χ2v) is 5.24. The summed E-state index contributed by atoms with van der Waals surface area (Å²) < 4.78 is 15.2. The van der Waals surface area contributed by atoms with Gasteiger partial charge in [0.2, 0.25) is 0 Å². The number of anilines is 1. The van der Waals surface area contributed by atoms with Crippen molar-refractivity contribution in [2.24, 2.45) is 0 Å². The second-order valence-electron chi connectivity index (χ2n) is 5.24. The van der Waals surface area contributed by atoms with Crippen LogP contribution < -0.4 is 10.6 Å². The Bertz CT molecular complexity index is 894. The average molecular weight is 338 g/mol. The summed E-state index contributed by atoms with van der Waals surface area (Å²) in [7, 11) is 0. The van der Waals surface area contributed by atoms with Crippen molar-refractivity contribution < 1.29 is 14.0 Å². The lowest BCUT2D eigenvalue weighted by atomic mass is 10.2. The van der Waals surface area contributed by atoms with Gasteiger partial charge in [0.05, 0.1) is 11.4 Å². The molecular formula is C18H15FN4O2. The van der Waals surface area contributed by atoms with Gasteiger partial charge in [0.15, 0.2) is 0 Å². The topological polar surface area (TPSA) is 76.0 Å². The van der Waals surface area contributed by atoms with Crippen LogP contribution in [-0.2, 0) is 16.1 Å². The molecule has 0 unspecified atom stereocenters. The number of hydrogen-bond acceptors (Lipinski definition) is 3. The molecule has 7 heteroatoms. The number of amides is 2. The number of nitrogens with one attached hydrogen (secondary N) is 2. The highest BCUT2D eigenvalue weighted by molar-refractivity contribution is 6.39. The van der Waals surface area contributed by atoms with Crippen LogP contribution in [0.3, 0.4) is 0 Å². The molecule has 126 valence electrons. The molecule has 0 aliphatic heterocycles. The number of benzene rings is 2. The highest BCUT2D eigenvalue weighted by atomic mass is 19.1. The lowest BCUT2D eigenvalue weighted by molar-refractivity contribution is -0.136. The molecule has 0 fully saturated rings. The highest BCUT2D eigenvalue weighted by Crippen LogP contribution is 2.12. The molecule has 0 aliphatic carbocycles. The summed E-state index contributed by atoms with van der Waals surface area (Å²) in [5, 5.41) is 8.88. The Morgan fingerprint density at radius 2 is 1.88 bits per heavy atom. The van der Waals surface area contributed by atoms with Crippen LogP contribution >= 0.6 is 0 Å². The highest BCUT2D eigenvalue weighted by Gasteiger charge is 2.15. The monoisotopic (exact) mass is 338 g/mol. The minimum absolute atomic E-state index is 0.0386. The molecule has 0 bridgehead atoms. The van der Waals surface area contributed by atoms with Gasteiger partial charge in [0.25, 0.3) is 0 Å². The summed E-state index contributed by atoms with van der Waals surface area (Å²) in [4.78, 5) is 23.7.